The molecule has 3 rings (SSSR count). The van der Waals surface area contributed by atoms with E-state index in [2.05, 4.69) is 5.32 Å². The van der Waals surface area contributed by atoms with Crippen LogP contribution in [-0.2, 0) is 6.18 Å². The summed E-state index contributed by atoms with van der Waals surface area (Å²) in [5.41, 5.74) is -1.39. The van der Waals surface area contributed by atoms with Gasteiger partial charge in [-0.1, -0.05) is 24.3 Å². The lowest BCUT2D eigenvalue weighted by Crippen LogP contribution is -2.46. The van der Waals surface area contributed by atoms with Crippen LogP contribution in [0.3, 0.4) is 0 Å². The van der Waals surface area contributed by atoms with E-state index in [4.69, 9.17) is 0 Å². The SMILES string of the molecule is O=C(NC1CC[C@@H]1c1cccc(F)c1F)c1ccccc1C(F)(F)F. The smallest absolute Gasteiger partial charge is 0.349 e. The van der Waals surface area contributed by atoms with Gasteiger partial charge >= 0.3 is 6.18 Å². The predicted molar refractivity (Wildman–Crippen MR) is 81.0 cm³/mol. The maximum absolute atomic E-state index is 13.9. The molecule has 1 unspecified atom stereocenters. The van der Waals surface area contributed by atoms with E-state index < -0.39 is 46.8 Å². The molecule has 0 bridgehead atoms. The van der Waals surface area contributed by atoms with Crippen molar-refractivity contribution in [3.05, 3.63) is 70.8 Å². The first kappa shape index (κ1) is 17.4. The van der Waals surface area contributed by atoms with Gasteiger partial charge in [0.15, 0.2) is 11.6 Å². The topological polar surface area (TPSA) is 29.1 Å². The van der Waals surface area contributed by atoms with Crippen LogP contribution in [0.2, 0.25) is 0 Å². The molecule has 1 fully saturated rings. The van der Waals surface area contributed by atoms with Crippen molar-refractivity contribution in [2.75, 3.05) is 0 Å². The van der Waals surface area contributed by atoms with Gasteiger partial charge < -0.3 is 5.32 Å². The number of rotatable bonds is 3. The number of halogens is 5. The van der Waals surface area contributed by atoms with Crippen molar-refractivity contribution >= 4 is 5.91 Å². The first-order valence-electron chi connectivity index (χ1n) is 7.70. The average Bonchev–Trinajstić information content (AvgIpc) is 2.55. The van der Waals surface area contributed by atoms with Crippen molar-refractivity contribution in [1.82, 2.24) is 5.32 Å². The van der Waals surface area contributed by atoms with Gasteiger partial charge in [-0.05, 0) is 36.6 Å². The summed E-state index contributed by atoms with van der Waals surface area (Å²) in [7, 11) is 0. The van der Waals surface area contributed by atoms with E-state index in [0.717, 1.165) is 18.2 Å². The van der Waals surface area contributed by atoms with Gasteiger partial charge in [-0.15, -0.1) is 0 Å². The fraction of sp³-hybridized carbons (Fsp3) is 0.278. The molecule has 1 amide bonds. The Kier molecular flexibility index (Phi) is 4.49. The van der Waals surface area contributed by atoms with Crippen LogP contribution in [0.25, 0.3) is 0 Å². The van der Waals surface area contributed by atoms with Crippen LogP contribution in [-0.4, -0.2) is 11.9 Å². The quantitative estimate of drug-likeness (QED) is 0.797. The van der Waals surface area contributed by atoms with Gasteiger partial charge in [0, 0.05) is 12.0 Å². The molecule has 0 saturated heterocycles. The average molecular weight is 355 g/mol. The van der Waals surface area contributed by atoms with Crippen molar-refractivity contribution in [2.45, 2.75) is 31.0 Å². The lowest BCUT2D eigenvalue weighted by atomic mass is 9.74. The van der Waals surface area contributed by atoms with Crippen LogP contribution in [0.4, 0.5) is 22.0 Å². The number of carbonyl (C=O) groups excluding carboxylic acids is 1. The van der Waals surface area contributed by atoms with Gasteiger partial charge in [-0.2, -0.15) is 13.2 Å². The van der Waals surface area contributed by atoms with Crippen LogP contribution < -0.4 is 5.32 Å². The molecule has 2 aromatic rings. The van der Waals surface area contributed by atoms with E-state index in [9.17, 15) is 26.7 Å². The standard InChI is InChI=1S/C18H14F5NO/c19-14-7-3-5-11(16(14)20)10-8-9-15(10)24-17(25)12-4-1-2-6-13(12)18(21,22)23/h1-7,10,15H,8-9H2,(H,24,25)/t10-,15?/m1/s1. The third-order valence-electron chi connectivity index (χ3n) is 4.45. The first-order valence-corrected chi connectivity index (χ1v) is 7.70. The zero-order valence-electron chi connectivity index (χ0n) is 12.9. The van der Waals surface area contributed by atoms with Crippen LogP contribution >= 0.6 is 0 Å². The van der Waals surface area contributed by atoms with Crippen LogP contribution in [0, 0.1) is 11.6 Å². The molecule has 2 nitrogen and oxygen atoms in total. The fourth-order valence-electron chi connectivity index (χ4n) is 3.03. The lowest BCUT2D eigenvalue weighted by Gasteiger charge is -2.37. The van der Waals surface area contributed by atoms with Crippen molar-refractivity contribution in [1.29, 1.82) is 0 Å². The second kappa shape index (κ2) is 6.46. The number of benzene rings is 2. The zero-order valence-corrected chi connectivity index (χ0v) is 12.9. The molecule has 0 aliphatic heterocycles. The monoisotopic (exact) mass is 355 g/mol. The van der Waals surface area contributed by atoms with Gasteiger partial charge in [0.05, 0.1) is 11.1 Å². The van der Waals surface area contributed by atoms with Crippen LogP contribution in [0.15, 0.2) is 42.5 Å². The number of hydrogen-bond acceptors (Lipinski definition) is 1. The fourth-order valence-corrected chi connectivity index (χ4v) is 3.03. The van der Waals surface area contributed by atoms with Crippen LogP contribution in [0.5, 0.6) is 0 Å². The molecule has 1 aliphatic carbocycles. The van der Waals surface area contributed by atoms with Gasteiger partial charge in [-0.25, -0.2) is 8.78 Å². The Morgan fingerprint density at radius 2 is 1.72 bits per heavy atom. The summed E-state index contributed by atoms with van der Waals surface area (Å²) >= 11 is 0. The van der Waals surface area contributed by atoms with Gasteiger partial charge in [-0.3, -0.25) is 4.79 Å². The summed E-state index contributed by atoms with van der Waals surface area (Å²) in [6, 6.07) is 7.71. The summed E-state index contributed by atoms with van der Waals surface area (Å²) in [6.45, 7) is 0. The Morgan fingerprint density at radius 3 is 2.36 bits per heavy atom. The Bertz CT molecular complexity index is 802. The predicted octanol–water partition coefficient (Wildman–Crippen LogP) is 4.66. The molecule has 132 valence electrons. The molecule has 25 heavy (non-hydrogen) atoms. The van der Waals surface area contributed by atoms with Crippen LogP contribution in [0.1, 0.15) is 40.2 Å². The molecule has 0 heterocycles. The van der Waals surface area contributed by atoms with E-state index in [1.54, 1.807) is 0 Å². The molecule has 7 heteroatoms. The highest BCUT2D eigenvalue weighted by atomic mass is 19.4. The maximum Gasteiger partial charge on any atom is 0.417 e. The number of amides is 1. The van der Waals surface area contributed by atoms with Crippen molar-refractivity contribution < 1.29 is 26.7 Å². The van der Waals surface area contributed by atoms with E-state index in [1.807, 2.05) is 0 Å². The first-order chi connectivity index (χ1) is 11.8. The minimum absolute atomic E-state index is 0.126. The van der Waals surface area contributed by atoms with Crippen molar-refractivity contribution in [3.8, 4) is 0 Å². The van der Waals surface area contributed by atoms with Gasteiger partial charge in [0.1, 0.15) is 0 Å². The van der Waals surface area contributed by atoms with Gasteiger partial charge in [0.25, 0.3) is 5.91 Å². The normalized spacial score (nSPS) is 20.0. The molecular weight excluding hydrogens is 341 g/mol. The third-order valence-corrected chi connectivity index (χ3v) is 4.45. The highest BCUT2D eigenvalue weighted by molar-refractivity contribution is 5.96. The Morgan fingerprint density at radius 1 is 1.00 bits per heavy atom. The van der Waals surface area contributed by atoms with Gasteiger partial charge in [0.2, 0.25) is 0 Å². The van der Waals surface area contributed by atoms with Crippen molar-refractivity contribution in [2.24, 2.45) is 0 Å². The number of carbonyl (C=O) groups is 1. The highest BCUT2D eigenvalue weighted by Gasteiger charge is 2.38. The second-order valence-electron chi connectivity index (χ2n) is 5.95. The summed E-state index contributed by atoms with van der Waals surface area (Å²) in [5, 5.41) is 2.51. The molecule has 1 saturated carbocycles. The Labute approximate surface area is 140 Å². The summed E-state index contributed by atoms with van der Waals surface area (Å²) < 4.78 is 66.3. The molecule has 1 N–H and O–H groups in total. The highest BCUT2D eigenvalue weighted by Crippen LogP contribution is 2.39. The third kappa shape index (κ3) is 3.36. The molecule has 0 aromatic heterocycles. The number of hydrogen-bond donors (Lipinski definition) is 1. The summed E-state index contributed by atoms with van der Waals surface area (Å²) in [6.07, 6.45) is -3.64. The van der Waals surface area contributed by atoms with Crippen molar-refractivity contribution in [3.63, 3.8) is 0 Å². The minimum atomic E-state index is -4.65. The molecule has 0 radical (unpaired) electrons. The number of nitrogens with one attached hydrogen (secondary N) is 1. The lowest BCUT2D eigenvalue weighted by molar-refractivity contribution is -0.137. The zero-order chi connectivity index (χ0) is 18.2. The minimum Gasteiger partial charge on any atom is -0.349 e. The molecule has 0 spiro atoms. The number of alkyl halides is 3. The molecular formula is C18H14F5NO. The van der Waals surface area contributed by atoms with E-state index in [-0.39, 0.29) is 5.56 Å². The summed E-state index contributed by atoms with van der Waals surface area (Å²) in [4.78, 5) is 12.3. The Hall–Kier alpha value is -2.44. The molecule has 2 atom stereocenters. The maximum atomic E-state index is 13.9. The van der Waals surface area contributed by atoms with E-state index in [0.29, 0.717) is 12.8 Å². The van der Waals surface area contributed by atoms with E-state index in [1.165, 1.54) is 24.3 Å². The van der Waals surface area contributed by atoms with E-state index >= 15 is 0 Å². The molecule has 1 aliphatic rings. The largest absolute Gasteiger partial charge is 0.417 e. The second-order valence-corrected chi connectivity index (χ2v) is 5.95. The molecule has 2 aromatic carbocycles. The summed E-state index contributed by atoms with van der Waals surface area (Å²) in [5.74, 6) is -3.31. The Balaban J connectivity index is 1.80.